The summed E-state index contributed by atoms with van der Waals surface area (Å²) in [5, 5.41) is 12.0. The molecule has 5 heteroatoms. The van der Waals surface area contributed by atoms with Crippen molar-refractivity contribution in [3.8, 4) is 0 Å². The molecule has 0 bridgehead atoms. The fraction of sp³-hybridized carbons (Fsp3) is 0.316. The lowest BCUT2D eigenvalue weighted by Crippen LogP contribution is -2.42. The molecule has 0 heterocycles. The molecule has 1 N–H and O–H groups in total. The van der Waals surface area contributed by atoms with Crippen molar-refractivity contribution in [3.63, 3.8) is 0 Å². The van der Waals surface area contributed by atoms with Crippen LogP contribution in [-0.4, -0.2) is 17.1 Å². The third kappa shape index (κ3) is 3.08. The van der Waals surface area contributed by atoms with Crippen molar-refractivity contribution in [2.75, 3.05) is 0 Å². The molecule has 1 atom stereocenters. The first-order chi connectivity index (χ1) is 11.3. The summed E-state index contributed by atoms with van der Waals surface area (Å²) in [5.74, 6) is -0.181. The molecular formula is C19H17F3O2. The van der Waals surface area contributed by atoms with Crippen LogP contribution in [0.4, 0.5) is 13.2 Å². The van der Waals surface area contributed by atoms with Crippen molar-refractivity contribution in [1.82, 2.24) is 0 Å². The maximum Gasteiger partial charge on any atom is 0.421 e. The summed E-state index contributed by atoms with van der Waals surface area (Å²) in [6, 6.07) is 11.3. The maximum absolute atomic E-state index is 13.7. The number of allylic oxidation sites excluding steroid dienone is 1. The molecular weight excluding hydrogens is 317 g/mol. The largest absolute Gasteiger partial charge is 0.421 e. The van der Waals surface area contributed by atoms with Crippen LogP contribution in [0.3, 0.4) is 0 Å². The van der Waals surface area contributed by atoms with Gasteiger partial charge in [0.1, 0.15) is 0 Å². The van der Waals surface area contributed by atoms with Crippen LogP contribution in [0.15, 0.2) is 54.1 Å². The van der Waals surface area contributed by atoms with E-state index in [1.807, 2.05) is 0 Å². The van der Waals surface area contributed by atoms with E-state index in [0.29, 0.717) is 30.2 Å². The molecule has 2 aromatic carbocycles. The fourth-order valence-corrected chi connectivity index (χ4v) is 3.14. The highest BCUT2D eigenvalue weighted by Crippen LogP contribution is 2.45. The Morgan fingerprint density at radius 1 is 1.00 bits per heavy atom. The molecule has 0 fully saturated rings. The Labute approximate surface area is 137 Å². The van der Waals surface area contributed by atoms with Crippen molar-refractivity contribution in [2.45, 2.75) is 37.5 Å². The van der Waals surface area contributed by atoms with Crippen LogP contribution in [0.2, 0.25) is 0 Å². The second-order valence-corrected chi connectivity index (χ2v) is 6.22. The lowest BCUT2D eigenvalue weighted by Gasteiger charge is -2.32. The summed E-state index contributed by atoms with van der Waals surface area (Å²) in [5.41, 5.74) is -2.85. The minimum Gasteiger partial charge on any atom is -0.376 e. The molecule has 0 radical (unpaired) electrons. The number of fused-ring (bicyclic) bond motifs is 1. The smallest absolute Gasteiger partial charge is 0.376 e. The number of benzene rings is 2. The number of carbonyl (C=O) groups excluding carboxylic acids is 1. The Bertz CT molecular complexity index is 808. The highest BCUT2D eigenvalue weighted by Gasteiger charge is 2.55. The van der Waals surface area contributed by atoms with E-state index in [1.165, 1.54) is 18.2 Å². The zero-order chi connectivity index (χ0) is 17.4. The van der Waals surface area contributed by atoms with Gasteiger partial charge in [-0.15, -0.1) is 0 Å². The number of alkyl halides is 3. The molecule has 24 heavy (non-hydrogen) atoms. The van der Waals surface area contributed by atoms with Gasteiger partial charge in [0.05, 0.1) is 0 Å². The maximum atomic E-state index is 13.7. The predicted octanol–water partition coefficient (Wildman–Crippen LogP) is 4.66. The van der Waals surface area contributed by atoms with Gasteiger partial charge in [-0.2, -0.15) is 13.2 Å². The normalized spacial score (nSPS) is 18.3. The number of rotatable bonds is 3. The quantitative estimate of drug-likeness (QED) is 0.886. The van der Waals surface area contributed by atoms with Crippen LogP contribution in [0.25, 0.3) is 10.8 Å². The summed E-state index contributed by atoms with van der Waals surface area (Å²) >= 11 is 0. The zero-order valence-corrected chi connectivity index (χ0v) is 12.9. The van der Waals surface area contributed by atoms with E-state index in [4.69, 9.17) is 0 Å². The second-order valence-electron chi connectivity index (χ2n) is 6.22. The summed E-state index contributed by atoms with van der Waals surface area (Å²) in [4.78, 5) is 11.5. The standard InChI is InChI=1S/C19H17F3O2/c20-19(21,22)18(24,12-13-4-3-7-17(23)10-13)16-9-8-14-5-1-2-6-15(14)11-16/h1-2,5-6,8-11,24H,3-4,7,12H2/t18-/m1/s1. The van der Waals surface area contributed by atoms with E-state index >= 15 is 0 Å². The van der Waals surface area contributed by atoms with E-state index in [2.05, 4.69) is 0 Å². The van der Waals surface area contributed by atoms with E-state index in [1.54, 1.807) is 30.3 Å². The minimum absolute atomic E-state index is 0.181. The van der Waals surface area contributed by atoms with Gasteiger partial charge in [0.2, 0.25) is 0 Å². The van der Waals surface area contributed by atoms with Crippen molar-refractivity contribution in [3.05, 3.63) is 59.7 Å². The van der Waals surface area contributed by atoms with Crippen LogP contribution in [0.5, 0.6) is 0 Å². The molecule has 2 aromatic rings. The van der Waals surface area contributed by atoms with Crippen LogP contribution >= 0.6 is 0 Å². The van der Waals surface area contributed by atoms with Crippen molar-refractivity contribution >= 4 is 16.6 Å². The zero-order valence-electron chi connectivity index (χ0n) is 12.9. The van der Waals surface area contributed by atoms with Gasteiger partial charge in [-0.3, -0.25) is 4.79 Å². The molecule has 0 unspecified atom stereocenters. The Morgan fingerprint density at radius 3 is 2.38 bits per heavy atom. The van der Waals surface area contributed by atoms with Crippen molar-refractivity contribution in [1.29, 1.82) is 0 Å². The lowest BCUT2D eigenvalue weighted by molar-refractivity contribution is -0.266. The topological polar surface area (TPSA) is 37.3 Å². The predicted molar refractivity (Wildman–Crippen MR) is 85.5 cm³/mol. The molecule has 0 spiro atoms. The van der Waals surface area contributed by atoms with Crippen LogP contribution in [0, 0.1) is 0 Å². The molecule has 1 aliphatic rings. The van der Waals surface area contributed by atoms with E-state index in [9.17, 15) is 23.1 Å². The highest BCUT2D eigenvalue weighted by atomic mass is 19.4. The number of aliphatic hydroxyl groups is 1. The lowest BCUT2D eigenvalue weighted by atomic mass is 9.82. The molecule has 3 rings (SSSR count). The molecule has 1 aliphatic carbocycles. The molecule has 0 saturated carbocycles. The van der Waals surface area contributed by atoms with Crippen LogP contribution < -0.4 is 0 Å². The highest BCUT2D eigenvalue weighted by molar-refractivity contribution is 5.91. The summed E-state index contributed by atoms with van der Waals surface area (Å²) < 4.78 is 41.0. The first-order valence-corrected chi connectivity index (χ1v) is 7.80. The van der Waals surface area contributed by atoms with E-state index < -0.39 is 18.2 Å². The average molecular weight is 334 g/mol. The number of hydrogen-bond acceptors (Lipinski definition) is 2. The Morgan fingerprint density at radius 2 is 1.71 bits per heavy atom. The third-order valence-corrected chi connectivity index (χ3v) is 4.47. The van der Waals surface area contributed by atoms with Crippen molar-refractivity contribution in [2.24, 2.45) is 0 Å². The first-order valence-electron chi connectivity index (χ1n) is 7.80. The van der Waals surface area contributed by atoms with Crippen molar-refractivity contribution < 1.29 is 23.1 Å². The monoisotopic (exact) mass is 334 g/mol. The molecule has 0 aromatic heterocycles. The van der Waals surface area contributed by atoms with Gasteiger partial charge >= 0.3 is 6.18 Å². The molecule has 126 valence electrons. The van der Waals surface area contributed by atoms with E-state index in [-0.39, 0.29) is 11.3 Å². The Hall–Kier alpha value is -2.14. The number of carbonyl (C=O) groups is 1. The van der Waals surface area contributed by atoms with Gasteiger partial charge in [-0.05, 0) is 41.3 Å². The first kappa shape index (κ1) is 16.7. The van der Waals surface area contributed by atoms with E-state index in [0.717, 1.165) is 5.39 Å². The van der Waals surface area contributed by atoms with Gasteiger partial charge in [0, 0.05) is 12.8 Å². The summed E-state index contributed by atoms with van der Waals surface area (Å²) in [7, 11) is 0. The Kier molecular flexibility index (Phi) is 4.22. The number of ketones is 1. The number of hydrogen-bond donors (Lipinski definition) is 1. The van der Waals surface area contributed by atoms with Gasteiger partial charge < -0.3 is 5.11 Å². The van der Waals surface area contributed by atoms with Gasteiger partial charge in [0.25, 0.3) is 0 Å². The second kappa shape index (κ2) is 6.06. The fourth-order valence-electron chi connectivity index (χ4n) is 3.14. The van der Waals surface area contributed by atoms with Gasteiger partial charge in [-0.1, -0.05) is 42.0 Å². The molecule has 0 saturated heterocycles. The molecule has 0 aliphatic heterocycles. The van der Waals surface area contributed by atoms with Gasteiger partial charge in [0.15, 0.2) is 11.4 Å². The third-order valence-electron chi connectivity index (χ3n) is 4.47. The minimum atomic E-state index is -4.84. The average Bonchev–Trinajstić information content (AvgIpc) is 2.53. The SMILES string of the molecule is O=C1C=C(C[C@@](O)(c2ccc3ccccc3c2)C(F)(F)F)CCC1. The summed E-state index contributed by atoms with van der Waals surface area (Å²) in [6.07, 6.45) is -2.92. The van der Waals surface area contributed by atoms with Gasteiger partial charge in [-0.25, -0.2) is 0 Å². The summed E-state index contributed by atoms with van der Waals surface area (Å²) in [6.45, 7) is 0. The number of halogens is 3. The molecule has 0 amide bonds. The Balaban J connectivity index is 2.05. The molecule has 2 nitrogen and oxygen atoms in total. The van der Waals surface area contributed by atoms with Crippen LogP contribution in [-0.2, 0) is 10.4 Å². The van der Waals surface area contributed by atoms with Crippen LogP contribution in [0.1, 0.15) is 31.2 Å².